The van der Waals surface area contributed by atoms with Gasteiger partial charge in [0.1, 0.15) is 12.6 Å². The molecule has 1 aliphatic heterocycles. The van der Waals surface area contributed by atoms with Crippen LogP contribution in [0.3, 0.4) is 0 Å². The predicted octanol–water partition coefficient (Wildman–Crippen LogP) is 3.24. The van der Waals surface area contributed by atoms with Gasteiger partial charge in [0.2, 0.25) is 11.8 Å². The molecule has 2 atom stereocenters. The molecule has 7 nitrogen and oxygen atoms in total. The van der Waals surface area contributed by atoms with Gasteiger partial charge in [0.25, 0.3) is 0 Å². The second-order valence-electron chi connectivity index (χ2n) is 7.41. The van der Waals surface area contributed by atoms with Gasteiger partial charge in [-0.15, -0.1) is 0 Å². The molecule has 2 unspecified atom stereocenters. The summed E-state index contributed by atoms with van der Waals surface area (Å²) in [6, 6.07) is 6.60. The summed E-state index contributed by atoms with van der Waals surface area (Å²) in [7, 11) is 0. The highest BCUT2D eigenvalue weighted by molar-refractivity contribution is 6.31. The van der Waals surface area contributed by atoms with Crippen molar-refractivity contribution in [3.05, 3.63) is 34.9 Å². The first-order valence-electron chi connectivity index (χ1n) is 10.1. The highest BCUT2D eigenvalue weighted by Crippen LogP contribution is 2.25. The number of benzene rings is 1. The van der Waals surface area contributed by atoms with Crippen LogP contribution in [0.1, 0.15) is 51.0 Å². The standard InChI is InChI=1S/C21H30ClN3O4/c1-2-7-15-12-19(26)25(13-15)18(20(23)27)10-5-6-11-24-21(28)29-14-16-8-3-4-9-17(16)22/h3-4,8-9,15,18H,2,5-7,10-14H2,1H3,(H2,23,27)(H,24,28). The number of nitrogens with one attached hydrogen (secondary N) is 1. The molecule has 3 amide bonds. The van der Waals surface area contributed by atoms with Crippen LogP contribution in [0.25, 0.3) is 0 Å². The third-order valence-corrected chi connectivity index (χ3v) is 5.50. The minimum absolute atomic E-state index is 0.00789. The number of carbonyl (C=O) groups is 3. The molecule has 0 aliphatic carbocycles. The Kier molecular flexibility index (Phi) is 9.25. The summed E-state index contributed by atoms with van der Waals surface area (Å²) in [5.41, 5.74) is 6.28. The maximum atomic E-state index is 12.2. The summed E-state index contributed by atoms with van der Waals surface area (Å²) in [5, 5.41) is 3.23. The van der Waals surface area contributed by atoms with Crippen LogP contribution in [0.15, 0.2) is 24.3 Å². The maximum Gasteiger partial charge on any atom is 0.407 e. The molecular weight excluding hydrogens is 394 g/mol. The Morgan fingerprint density at radius 1 is 1.34 bits per heavy atom. The molecule has 8 heteroatoms. The zero-order chi connectivity index (χ0) is 21.2. The summed E-state index contributed by atoms with van der Waals surface area (Å²) in [4.78, 5) is 37.5. The third kappa shape index (κ3) is 7.24. The number of primary amides is 1. The number of rotatable bonds is 11. The van der Waals surface area contributed by atoms with Crippen molar-refractivity contribution in [1.82, 2.24) is 10.2 Å². The number of hydrogen-bond acceptors (Lipinski definition) is 4. The van der Waals surface area contributed by atoms with Crippen molar-refractivity contribution in [3.8, 4) is 0 Å². The fourth-order valence-corrected chi connectivity index (χ4v) is 3.82. The van der Waals surface area contributed by atoms with Crippen LogP contribution >= 0.6 is 11.6 Å². The van der Waals surface area contributed by atoms with Crippen LogP contribution in [0, 0.1) is 5.92 Å². The SMILES string of the molecule is CCCC1CC(=O)N(C(CCCCNC(=O)OCc2ccccc2Cl)C(N)=O)C1. The number of hydrogen-bond donors (Lipinski definition) is 2. The Balaban J connectivity index is 1.67. The molecule has 3 N–H and O–H groups in total. The fraction of sp³-hybridized carbons (Fsp3) is 0.571. The number of likely N-dealkylation sites (tertiary alicyclic amines) is 1. The molecule has 2 rings (SSSR count). The highest BCUT2D eigenvalue weighted by atomic mass is 35.5. The van der Waals surface area contributed by atoms with Crippen LogP contribution in [-0.4, -0.2) is 41.9 Å². The van der Waals surface area contributed by atoms with E-state index >= 15 is 0 Å². The molecule has 160 valence electrons. The summed E-state index contributed by atoms with van der Waals surface area (Å²) >= 11 is 6.02. The van der Waals surface area contributed by atoms with Crippen LogP contribution in [-0.2, 0) is 20.9 Å². The number of nitrogens with two attached hydrogens (primary N) is 1. The van der Waals surface area contributed by atoms with E-state index in [9.17, 15) is 14.4 Å². The van der Waals surface area contributed by atoms with Crippen molar-refractivity contribution in [3.63, 3.8) is 0 Å². The molecule has 1 aliphatic rings. The van der Waals surface area contributed by atoms with Crippen LogP contribution < -0.4 is 11.1 Å². The smallest absolute Gasteiger partial charge is 0.407 e. The average molecular weight is 424 g/mol. The van der Waals surface area contributed by atoms with Crippen LogP contribution in [0.5, 0.6) is 0 Å². The van der Waals surface area contributed by atoms with E-state index in [-0.39, 0.29) is 12.5 Å². The molecule has 0 spiro atoms. The van der Waals surface area contributed by atoms with Gasteiger partial charge in [-0.1, -0.05) is 43.1 Å². The molecule has 0 radical (unpaired) electrons. The Hall–Kier alpha value is -2.28. The van der Waals surface area contributed by atoms with Gasteiger partial charge < -0.3 is 20.7 Å². The number of carbonyl (C=O) groups excluding carboxylic acids is 3. The van der Waals surface area contributed by atoms with Crippen molar-refractivity contribution in [2.45, 2.75) is 58.1 Å². The largest absolute Gasteiger partial charge is 0.445 e. The molecule has 1 aromatic carbocycles. The number of nitrogens with zero attached hydrogens (tertiary/aromatic N) is 1. The summed E-state index contributed by atoms with van der Waals surface area (Å²) in [5.74, 6) is -0.153. The van der Waals surface area contributed by atoms with Gasteiger partial charge in [-0.3, -0.25) is 9.59 Å². The normalized spacial score (nSPS) is 17.2. The molecular formula is C21H30ClN3O4. The van der Waals surface area contributed by atoms with Gasteiger partial charge in [0, 0.05) is 30.1 Å². The summed E-state index contributed by atoms with van der Waals surface area (Å²) in [6.07, 6.45) is 3.80. The van der Waals surface area contributed by atoms with Crippen molar-refractivity contribution in [2.24, 2.45) is 11.7 Å². The van der Waals surface area contributed by atoms with Crippen LogP contribution in [0.4, 0.5) is 4.79 Å². The molecule has 29 heavy (non-hydrogen) atoms. The topological polar surface area (TPSA) is 102 Å². The molecule has 0 bridgehead atoms. The lowest BCUT2D eigenvalue weighted by molar-refractivity contribution is -0.136. The Labute approximate surface area is 176 Å². The molecule has 1 heterocycles. The third-order valence-electron chi connectivity index (χ3n) is 5.13. The van der Waals surface area contributed by atoms with Gasteiger partial charge >= 0.3 is 6.09 Å². The van der Waals surface area contributed by atoms with Gasteiger partial charge in [0.05, 0.1) is 0 Å². The molecule has 0 saturated carbocycles. The molecule has 1 fully saturated rings. The van der Waals surface area contributed by atoms with Gasteiger partial charge in [-0.05, 0) is 37.7 Å². The Morgan fingerprint density at radius 2 is 2.10 bits per heavy atom. The van der Waals surface area contributed by atoms with Crippen molar-refractivity contribution in [2.75, 3.05) is 13.1 Å². The van der Waals surface area contributed by atoms with Gasteiger partial charge in [0.15, 0.2) is 0 Å². The van der Waals surface area contributed by atoms with Crippen molar-refractivity contribution >= 4 is 29.5 Å². The van der Waals surface area contributed by atoms with E-state index < -0.39 is 18.0 Å². The first-order chi connectivity index (χ1) is 13.9. The second-order valence-corrected chi connectivity index (χ2v) is 7.82. The van der Waals surface area contributed by atoms with Gasteiger partial charge in [-0.25, -0.2) is 4.79 Å². The molecule has 0 aromatic heterocycles. The van der Waals surface area contributed by atoms with Crippen molar-refractivity contribution < 1.29 is 19.1 Å². The number of unbranched alkanes of at least 4 members (excludes halogenated alkanes) is 1. The minimum Gasteiger partial charge on any atom is -0.445 e. The predicted molar refractivity (Wildman–Crippen MR) is 111 cm³/mol. The molecule has 1 saturated heterocycles. The Morgan fingerprint density at radius 3 is 2.79 bits per heavy atom. The first kappa shape index (κ1) is 23.0. The number of alkyl carbamates (subject to hydrolysis) is 1. The van der Waals surface area contributed by atoms with E-state index in [1.54, 1.807) is 17.0 Å². The number of amides is 3. The van der Waals surface area contributed by atoms with E-state index in [1.165, 1.54) is 0 Å². The lowest BCUT2D eigenvalue weighted by Crippen LogP contribution is -2.45. The average Bonchev–Trinajstić information content (AvgIpc) is 3.03. The van der Waals surface area contributed by atoms with Crippen LogP contribution in [0.2, 0.25) is 5.02 Å². The maximum absolute atomic E-state index is 12.2. The van der Waals surface area contributed by atoms with E-state index in [0.29, 0.717) is 49.7 Å². The van der Waals surface area contributed by atoms with E-state index in [2.05, 4.69) is 12.2 Å². The first-order valence-corrected chi connectivity index (χ1v) is 10.5. The zero-order valence-corrected chi connectivity index (χ0v) is 17.6. The second kappa shape index (κ2) is 11.7. The summed E-state index contributed by atoms with van der Waals surface area (Å²) < 4.78 is 5.14. The molecule has 1 aromatic rings. The number of halogens is 1. The quantitative estimate of drug-likeness (QED) is 0.533. The monoisotopic (exact) mass is 423 g/mol. The lowest BCUT2D eigenvalue weighted by Gasteiger charge is -2.25. The number of ether oxygens (including phenoxy) is 1. The zero-order valence-electron chi connectivity index (χ0n) is 16.9. The minimum atomic E-state index is -0.573. The van der Waals surface area contributed by atoms with Crippen molar-refractivity contribution in [1.29, 1.82) is 0 Å². The van der Waals surface area contributed by atoms with E-state index in [0.717, 1.165) is 18.4 Å². The summed E-state index contributed by atoms with van der Waals surface area (Å²) in [6.45, 7) is 3.21. The highest BCUT2D eigenvalue weighted by Gasteiger charge is 2.35. The lowest BCUT2D eigenvalue weighted by atomic mass is 10.0. The van der Waals surface area contributed by atoms with E-state index in [4.69, 9.17) is 22.1 Å². The van der Waals surface area contributed by atoms with Gasteiger partial charge in [-0.2, -0.15) is 0 Å². The van der Waals surface area contributed by atoms with E-state index in [1.807, 2.05) is 12.1 Å². The Bertz CT molecular complexity index is 713. The fourth-order valence-electron chi connectivity index (χ4n) is 3.63.